The van der Waals surface area contributed by atoms with Gasteiger partial charge in [-0.05, 0) is 75.0 Å². The maximum Gasteiger partial charge on any atom is 0.258 e. The molecule has 0 saturated carbocycles. The van der Waals surface area contributed by atoms with Crippen LogP contribution in [0.4, 0.5) is 0 Å². The van der Waals surface area contributed by atoms with Gasteiger partial charge in [-0.2, -0.15) is 4.98 Å². The Morgan fingerprint density at radius 1 is 1.18 bits per heavy atom. The summed E-state index contributed by atoms with van der Waals surface area (Å²) in [6.45, 7) is 7.22. The summed E-state index contributed by atoms with van der Waals surface area (Å²) >= 11 is 5.60. The lowest BCUT2D eigenvalue weighted by molar-refractivity contribution is 0.340. The van der Waals surface area contributed by atoms with Crippen molar-refractivity contribution >= 4 is 22.9 Å². The molecule has 33 heavy (non-hydrogen) atoms. The molecule has 3 aromatic rings. The Bertz CT molecular complexity index is 1190. The molecule has 1 aliphatic heterocycles. The normalized spacial score (nSPS) is 16.1. The number of aromatic nitrogens is 2. The summed E-state index contributed by atoms with van der Waals surface area (Å²) in [5.74, 6) is 2.07. The van der Waals surface area contributed by atoms with Crippen molar-refractivity contribution in [3.63, 3.8) is 0 Å². The average molecular weight is 467 g/mol. The maximum absolute atomic E-state index is 10.3. The van der Waals surface area contributed by atoms with E-state index in [1.165, 1.54) is 7.11 Å². The van der Waals surface area contributed by atoms with Crippen LogP contribution in [-0.2, 0) is 0 Å². The topological polar surface area (TPSA) is 92.9 Å². The second-order valence-electron chi connectivity index (χ2n) is 7.44. The highest BCUT2D eigenvalue weighted by atomic mass is 32.1. The largest absolute Gasteiger partial charge is 0.504 e. The van der Waals surface area contributed by atoms with Crippen LogP contribution in [0.2, 0.25) is 0 Å². The minimum atomic E-state index is -0.384. The predicted octanol–water partition coefficient (Wildman–Crippen LogP) is 4.53. The van der Waals surface area contributed by atoms with E-state index in [0.717, 1.165) is 28.1 Å². The first-order chi connectivity index (χ1) is 16.0. The molecule has 2 N–H and O–H groups in total. The van der Waals surface area contributed by atoms with Crippen molar-refractivity contribution in [2.24, 2.45) is 0 Å². The summed E-state index contributed by atoms with van der Waals surface area (Å²) in [6, 6.07) is 12.4. The average Bonchev–Trinajstić information content (AvgIpc) is 3.29. The maximum atomic E-state index is 10.3. The van der Waals surface area contributed by atoms with Crippen LogP contribution in [-0.4, -0.2) is 45.5 Å². The number of methoxy groups -OCH3 is 1. The number of phenolic OH excluding ortho intramolecular Hbond substituents is 1. The second-order valence-corrected chi connectivity index (χ2v) is 7.82. The Kier molecular flexibility index (Phi) is 6.50. The van der Waals surface area contributed by atoms with Crippen LogP contribution in [0.15, 0.2) is 52.7 Å². The number of nitrogens with zero attached hydrogens (tertiary/aromatic N) is 3. The molecule has 1 unspecified atom stereocenters. The van der Waals surface area contributed by atoms with Gasteiger partial charge in [0.2, 0.25) is 5.82 Å². The van der Waals surface area contributed by atoms with Crippen LogP contribution >= 0.6 is 12.2 Å². The SMILES string of the molecule is CCOc1ccc(-c2noc(C3=C(C)N(CC)C(=S)NC3c3ccc(OC)c(O)c3)n2)cc1. The van der Waals surface area contributed by atoms with E-state index in [-0.39, 0.29) is 11.8 Å². The zero-order valence-electron chi connectivity index (χ0n) is 19.0. The third kappa shape index (κ3) is 4.36. The fourth-order valence-electron chi connectivity index (χ4n) is 3.89. The molecule has 4 rings (SSSR count). The van der Waals surface area contributed by atoms with Gasteiger partial charge in [-0.1, -0.05) is 11.2 Å². The molecule has 0 amide bonds. The molecule has 0 fully saturated rings. The Balaban J connectivity index is 1.76. The van der Waals surface area contributed by atoms with Crippen LogP contribution in [0.1, 0.15) is 38.3 Å². The Morgan fingerprint density at radius 3 is 2.58 bits per heavy atom. The Morgan fingerprint density at radius 2 is 1.94 bits per heavy atom. The molecule has 0 saturated heterocycles. The van der Waals surface area contributed by atoms with Gasteiger partial charge in [-0.15, -0.1) is 0 Å². The number of allylic oxidation sites excluding steroid dienone is 1. The molecule has 1 aromatic heterocycles. The lowest BCUT2D eigenvalue weighted by Gasteiger charge is -2.36. The van der Waals surface area contributed by atoms with E-state index in [1.54, 1.807) is 12.1 Å². The van der Waals surface area contributed by atoms with Gasteiger partial charge in [0.1, 0.15) is 5.75 Å². The zero-order valence-corrected chi connectivity index (χ0v) is 19.8. The van der Waals surface area contributed by atoms with Crippen LogP contribution in [0.25, 0.3) is 17.0 Å². The first kappa shape index (κ1) is 22.6. The number of hydrogen-bond donors (Lipinski definition) is 2. The third-order valence-electron chi connectivity index (χ3n) is 5.53. The molecule has 1 aliphatic rings. The van der Waals surface area contributed by atoms with Crippen molar-refractivity contribution in [1.82, 2.24) is 20.4 Å². The number of benzene rings is 2. The smallest absolute Gasteiger partial charge is 0.258 e. The van der Waals surface area contributed by atoms with Crippen molar-refractivity contribution in [2.45, 2.75) is 26.8 Å². The van der Waals surface area contributed by atoms with E-state index in [2.05, 4.69) is 15.5 Å². The molecular formula is C24H26N4O4S. The summed E-state index contributed by atoms with van der Waals surface area (Å²) < 4.78 is 16.4. The highest BCUT2D eigenvalue weighted by Crippen LogP contribution is 2.39. The molecule has 9 heteroatoms. The van der Waals surface area contributed by atoms with Gasteiger partial charge < -0.3 is 29.3 Å². The summed E-state index contributed by atoms with van der Waals surface area (Å²) in [6.07, 6.45) is 0. The van der Waals surface area contributed by atoms with Crippen LogP contribution in [0, 0.1) is 0 Å². The minimum Gasteiger partial charge on any atom is -0.504 e. The van der Waals surface area contributed by atoms with Crippen molar-refractivity contribution in [2.75, 3.05) is 20.3 Å². The highest BCUT2D eigenvalue weighted by molar-refractivity contribution is 7.80. The molecular weight excluding hydrogens is 440 g/mol. The number of rotatable bonds is 7. The van der Waals surface area contributed by atoms with E-state index < -0.39 is 0 Å². The fourth-order valence-corrected chi connectivity index (χ4v) is 4.28. The lowest BCUT2D eigenvalue weighted by atomic mass is 9.94. The van der Waals surface area contributed by atoms with Crippen LogP contribution < -0.4 is 14.8 Å². The molecule has 0 spiro atoms. The molecule has 0 aliphatic carbocycles. The van der Waals surface area contributed by atoms with Gasteiger partial charge in [-0.25, -0.2) is 0 Å². The summed E-state index contributed by atoms with van der Waals surface area (Å²) in [5, 5.41) is 18.5. The Hall–Kier alpha value is -3.59. The van der Waals surface area contributed by atoms with Crippen molar-refractivity contribution in [3.05, 3.63) is 59.6 Å². The van der Waals surface area contributed by atoms with Crippen molar-refractivity contribution in [3.8, 4) is 28.6 Å². The molecule has 0 radical (unpaired) electrons. The highest BCUT2D eigenvalue weighted by Gasteiger charge is 2.34. The van der Waals surface area contributed by atoms with Crippen molar-refractivity contribution < 1.29 is 19.1 Å². The van der Waals surface area contributed by atoms with Crippen LogP contribution in [0.5, 0.6) is 17.2 Å². The van der Waals surface area contributed by atoms with Gasteiger partial charge >= 0.3 is 0 Å². The quantitative estimate of drug-likeness (QED) is 0.487. The van der Waals surface area contributed by atoms with Gasteiger partial charge in [-0.3, -0.25) is 0 Å². The van der Waals surface area contributed by atoms with E-state index in [0.29, 0.717) is 35.7 Å². The third-order valence-corrected chi connectivity index (χ3v) is 5.87. The molecule has 2 heterocycles. The first-order valence-corrected chi connectivity index (χ1v) is 11.1. The minimum absolute atomic E-state index is 0.0400. The number of aromatic hydroxyl groups is 1. The van der Waals surface area contributed by atoms with Crippen LogP contribution in [0.3, 0.4) is 0 Å². The fraction of sp³-hybridized carbons (Fsp3) is 0.292. The molecule has 2 aromatic carbocycles. The standard InChI is InChI=1S/C24H26N4O4S/c1-5-28-14(3)20(21(25-24(28)33)16-9-12-19(30-4)18(29)13-16)23-26-22(27-32-23)15-7-10-17(11-8-15)31-6-2/h7-13,21,29H,5-6H2,1-4H3,(H,25,33). The van der Waals surface area contributed by atoms with Gasteiger partial charge in [0.25, 0.3) is 5.89 Å². The van der Waals surface area contributed by atoms with Gasteiger partial charge in [0.05, 0.1) is 25.3 Å². The molecule has 1 atom stereocenters. The van der Waals surface area contributed by atoms with E-state index in [9.17, 15) is 5.11 Å². The van der Waals surface area contributed by atoms with E-state index in [1.807, 2.05) is 56.0 Å². The summed E-state index contributed by atoms with van der Waals surface area (Å²) in [4.78, 5) is 6.66. The number of hydrogen-bond acceptors (Lipinski definition) is 7. The zero-order chi connectivity index (χ0) is 23.5. The second kappa shape index (κ2) is 9.50. The number of nitrogens with one attached hydrogen (secondary N) is 1. The first-order valence-electron chi connectivity index (χ1n) is 10.7. The number of phenols is 1. The number of ether oxygens (including phenoxy) is 2. The van der Waals surface area contributed by atoms with Crippen molar-refractivity contribution in [1.29, 1.82) is 0 Å². The predicted molar refractivity (Wildman–Crippen MR) is 129 cm³/mol. The molecule has 8 nitrogen and oxygen atoms in total. The van der Waals surface area contributed by atoms with E-state index >= 15 is 0 Å². The molecule has 0 bridgehead atoms. The lowest BCUT2D eigenvalue weighted by Crippen LogP contribution is -2.45. The summed E-state index contributed by atoms with van der Waals surface area (Å²) in [5.41, 5.74) is 3.31. The summed E-state index contributed by atoms with van der Waals surface area (Å²) in [7, 11) is 1.51. The Labute approximate surface area is 197 Å². The van der Waals surface area contributed by atoms with Gasteiger partial charge in [0.15, 0.2) is 16.6 Å². The van der Waals surface area contributed by atoms with E-state index in [4.69, 9.17) is 26.2 Å². The number of thiocarbonyl (C=S) groups is 1. The monoisotopic (exact) mass is 466 g/mol. The van der Waals surface area contributed by atoms with Gasteiger partial charge in [0, 0.05) is 17.8 Å². The molecule has 172 valence electrons.